The molecule has 3 N–H and O–H groups in total. The monoisotopic (exact) mass is 367 g/mol. The van der Waals surface area contributed by atoms with Gasteiger partial charge in [0.15, 0.2) is 0 Å². The Morgan fingerprint density at radius 1 is 1.28 bits per heavy atom. The van der Waals surface area contributed by atoms with E-state index in [0.717, 1.165) is 30.6 Å². The summed E-state index contributed by atoms with van der Waals surface area (Å²) in [5, 5.41) is 2.92. The van der Waals surface area contributed by atoms with E-state index in [1.54, 1.807) is 0 Å². The van der Waals surface area contributed by atoms with Crippen molar-refractivity contribution in [2.45, 2.75) is 44.2 Å². The summed E-state index contributed by atoms with van der Waals surface area (Å²) in [6, 6.07) is 7.64. The van der Waals surface area contributed by atoms with Gasteiger partial charge in [0.1, 0.15) is 5.54 Å². The predicted molar refractivity (Wildman–Crippen MR) is 98.6 cm³/mol. The number of benzene rings is 1. The summed E-state index contributed by atoms with van der Waals surface area (Å²) >= 11 is 0. The average Bonchev–Trinajstić information content (AvgIpc) is 2.58. The second-order valence-corrected chi connectivity index (χ2v) is 6.70. The van der Waals surface area contributed by atoms with Crippen molar-refractivity contribution in [3.63, 3.8) is 0 Å². The summed E-state index contributed by atoms with van der Waals surface area (Å²) in [5.74, 6) is 0.0378. The highest BCUT2D eigenvalue weighted by Crippen LogP contribution is 2.21. The lowest BCUT2D eigenvalue weighted by Gasteiger charge is -2.31. The largest absolute Gasteiger partial charge is 0.381 e. The Labute approximate surface area is 154 Å². The normalized spacial score (nSPS) is 19.9. The van der Waals surface area contributed by atoms with E-state index in [0.29, 0.717) is 39.0 Å². The molecule has 0 aliphatic carbocycles. The van der Waals surface area contributed by atoms with Gasteiger partial charge in [-0.15, -0.1) is 12.4 Å². The van der Waals surface area contributed by atoms with E-state index in [2.05, 4.69) is 5.32 Å². The molecule has 25 heavy (non-hydrogen) atoms. The number of rotatable bonds is 4. The van der Waals surface area contributed by atoms with E-state index >= 15 is 0 Å². The molecule has 2 aliphatic heterocycles. The summed E-state index contributed by atoms with van der Waals surface area (Å²) in [7, 11) is 0. The molecule has 6 nitrogen and oxygen atoms in total. The van der Waals surface area contributed by atoms with Gasteiger partial charge in [0.05, 0.1) is 0 Å². The van der Waals surface area contributed by atoms with Crippen LogP contribution in [0, 0.1) is 0 Å². The minimum atomic E-state index is -0.864. The Morgan fingerprint density at radius 3 is 2.76 bits per heavy atom. The number of amides is 2. The first kappa shape index (κ1) is 19.7. The summed E-state index contributed by atoms with van der Waals surface area (Å²) in [5.41, 5.74) is 7.08. The van der Waals surface area contributed by atoms with Crippen LogP contribution < -0.4 is 11.1 Å². The van der Waals surface area contributed by atoms with Gasteiger partial charge in [-0.25, -0.2) is 0 Å². The van der Waals surface area contributed by atoms with Gasteiger partial charge in [-0.1, -0.05) is 12.1 Å². The van der Waals surface area contributed by atoms with Crippen LogP contribution in [0.5, 0.6) is 0 Å². The Balaban J connectivity index is 0.00000225. The minimum Gasteiger partial charge on any atom is -0.381 e. The van der Waals surface area contributed by atoms with E-state index in [9.17, 15) is 9.59 Å². The van der Waals surface area contributed by atoms with Gasteiger partial charge in [-0.2, -0.15) is 0 Å². The number of anilines is 1. The third kappa shape index (κ3) is 4.93. The van der Waals surface area contributed by atoms with Gasteiger partial charge in [-0.3, -0.25) is 9.59 Å². The molecule has 2 aliphatic rings. The first-order valence-corrected chi connectivity index (χ1v) is 8.62. The lowest BCUT2D eigenvalue weighted by molar-refractivity contribution is -0.133. The van der Waals surface area contributed by atoms with Crippen LogP contribution in [0.3, 0.4) is 0 Å². The minimum absolute atomic E-state index is 0. The van der Waals surface area contributed by atoms with Crippen molar-refractivity contribution in [1.82, 2.24) is 4.90 Å². The molecule has 2 saturated heterocycles. The maximum atomic E-state index is 12.5. The van der Waals surface area contributed by atoms with Crippen molar-refractivity contribution in [3.05, 3.63) is 29.8 Å². The van der Waals surface area contributed by atoms with Gasteiger partial charge >= 0.3 is 0 Å². The van der Waals surface area contributed by atoms with Crippen LogP contribution >= 0.6 is 12.4 Å². The fourth-order valence-electron chi connectivity index (χ4n) is 3.22. The molecule has 1 aromatic rings. The number of halogens is 1. The summed E-state index contributed by atoms with van der Waals surface area (Å²) in [4.78, 5) is 26.3. The van der Waals surface area contributed by atoms with E-state index in [1.807, 2.05) is 29.2 Å². The topological polar surface area (TPSA) is 84.7 Å². The number of carbonyl (C=O) groups excluding carboxylic acids is 2. The molecule has 2 heterocycles. The number of carbonyl (C=O) groups is 2. The van der Waals surface area contributed by atoms with Crippen molar-refractivity contribution < 1.29 is 14.3 Å². The van der Waals surface area contributed by atoms with E-state index in [1.165, 1.54) is 0 Å². The molecule has 0 aromatic heterocycles. The summed E-state index contributed by atoms with van der Waals surface area (Å²) in [6.45, 7) is 2.42. The van der Waals surface area contributed by atoms with Crippen LogP contribution in [-0.4, -0.2) is 42.0 Å². The first-order chi connectivity index (χ1) is 11.6. The van der Waals surface area contributed by atoms with Crippen molar-refractivity contribution in [1.29, 1.82) is 0 Å². The zero-order chi connectivity index (χ0) is 17.0. The molecule has 0 atom stereocenters. The molecule has 0 unspecified atom stereocenters. The van der Waals surface area contributed by atoms with Crippen LogP contribution in [0.15, 0.2) is 24.3 Å². The second-order valence-electron chi connectivity index (χ2n) is 6.70. The molecular formula is C18H26ClN3O3. The highest BCUT2D eigenvalue weighted by atomic mass is 35.5. The standard InChI is InChI=1S/C18H25N3O3.ClH/c19-18(7-10-24-11-8-18)17(23)20-15-5-3-4-14(12-15)13-21-9-2-1-6-16(21)22;/h3-5,12H,1-2,6-11,13,19H2,(H,20,23);1H. The summed E-state index contributed by atoms with van der Waals surface area (Å²) < 4.78 is 5.28. The third-order valence-corrected chi connectivity index (χ3v) is 4.82. The Kier molecular flexibility index (Phi) is 6.81. The van der Waals surface area contributed by atoms with Crippen molar-refractivity contribution >= 4 is 29.9 Å². The quantitative estimate of drug-likeness (QED) is 0.853. The second kappa shape index (κ2) is 8.65. The highest BCUT2D eigenvalue weighted by Gasteiger charge is 2.35. The number of nitrogens with zero attached hydrogens (tertiary/aromatic N) is 1. The first-order valence-electron chi connectivity index (χ1n) is 8.62. The fraction of sp³-hybridized carbons (Fsp3) is 0.556. The molecule has 138 valence electrons. The lowest BCUT2D eigenvalue weighted by Crippen LogP contribution is -2.54. The number of hydrogen-bond acceptors (Lipinski definition) is 4. The van der Waals surface area contributed by atoms with Gasteiger partial charge in [0.25, 0.3) is 0 Å². The number of nitrogens with two attached hydrogens (primary N) is 1. The molecule has 0 bridgehead atoms. The number of likely N-dealkylation sites (tertiary alicyclic amines) is 1. The van der Waals surface area contributed by atoms with E-state index in [4.69, 9.17) is 10.5 Å². The molecule has 2 fully saturated rings. The highest BCUT2D eigenvalue weighted by molar-refractivity contribution is 5.98. The molecular weight excluding hydrogens is 342 g/mol. The van der Waals surface area contributed by atoms with Crippen LogP contribution in [0.25, 0.3) is 0 Å². The van der Waals surface area contributed by atoms with Crippen LogP contribution in [0.4, 0.5) is 5.69 Å². The van der Waals surface area contributed by atoms with Crippen molar-refractivity contribution in [3.8, 4) is 0 Å². The molecule has 2 amide bonds. The van der Waals surface area contributed by atoms with Gasteiger partial charge in [0, 0.05) is 38.4 Å². The lowest BCUT2D eigenvalue weighted by atomic mass is 9.90. The fourth-order valence-corrected chi connectivity index (χ4v) is 3.22. The molecule has 3 rings (SSSR count). The number of ether oxygens (including phenoxy) is 1. The Bertz CT molecular complexity index is 617. The maximum Gasteiger partial charge on any atom is 0.244 e. The summed E-state index contributed by atoms with van der Waals surface area (Å²) in [6.07, 6.45) is 3.73. The molecule has 0 saturated carbocycles. The molecule has 7 heteroatoms. The van der Waals surface area contributed by atoms with Crippen LogP contribution in [0.2, 0.25) is 0 Å². The predicted octanol–water partition coefficient (Wildman–Crippen LogP) is 2.07. The van der Waals surface area contributed by atoms with E-state index in [-0.39, 0.29) is 24.2 Å². The maximum absolute atomic E-state index is 12.5. The number of hydrogen-bond donors (Lipinski definition) is 2. The smallest absolute Gasteiger partial charge is 0.244 e. The Morgan fingerprint density at radius 2 is 2.04 bits per heavy atom. The zero-order valence-corrected chi connectivity index (χ0v) is 15.1. The number of piperidine rings is 1. The van der Waals surface area contributed by atoms with Gasteiger partial charge in [-0.05, 0) is 43.4 Å². The molecule has 0 radical (unpaired) electrons. The van der Waals surface area contributed by atoms with E-state index < -0.39 is 5.54 Å². The van der Waals surface area contributed by atoms with Crippen LogP contribution in [-0.2, 0) is 20.9 Å². The van der Waals surface area contributed by atoms with Crippen molar-refractivity contribution in [2.24, 2.45) is 5.73 Å². The Hall–Kier alpha value is -1.63. The zero-order valence-electron chi connectivity index (χ0n) is 14.3. The van der Waals surface area contributed by atoms with Crippen molar-refractivity contribution in [2.75, 3.05) is 25.1 Å². The van der Waals surface area contributed by atoms with Gasteiger partial charge in [0.2, 0.25) is 11.8 Å². The van der Waals surface area contributed by atoms with Crippen LogP contribution in [0.1, 0.15) is 37.7 Å². The average molecular weight is 368 g/mol. The molecule has 1 aromatic carbocycles. The third-order valence-electron chi connectivity index (χ3n) is 4.82. The number of nitrogens with one attached hydrogen (secondary N) is 1. The SMILES string of the molecule is Cl.NC1(C(=O)Nc2cccc(CN3CCCCC3=O)c2)CCOCC1. The van der Waals surface area contributed by atoms with Gasteiger partial charge < -0.3 is 20.7 Å². The molecule has 0 spiro atoms.